The third-order valence-electron chi connectivity index (χ3n) is 5.17. The summed E-state index contributed by atoms with van der Waals surface area (Å²) in [6.07, 6.45) is 0.291. The number of amides is 3. The molecule has 0 aliphatic carbocycles. The number of carbonyl (C=O) groups excluding carboxylic acids is 3. The van der Waals surface area contributed by atoms with Gasteiger partial charge in [-0.2, -0.15) is 0 Å². The fourth-order valence-corrected chi connectivity index (χ4v) is 3.46. The van der Waals surface area contributed by atoms with Gasteiger partial charge in [0, 0.05) is 48.7 Å². The molecule has 2 N–H and O–H groups in total. The molecule has 0 saturated carbocycles. The van der Waals surface area contributed by atoms with Gasteiger partial charge in [-0.1, -0.05) is 0 Å². The normalized spacial score (nSPS) is 16.5. The Morgan fingerprint density at radius 2 is 1.64 bits per heavy atom. The van der Waals surface area contributed by atoms with E-state index in [0.717, 1.165) is 37.4 Å². The molecule has 7 nitrogen and oxygen atoms in total. The van der Waals surface area contributed by atoms with Crippen molar-refractivity contribution in [2.75, 3.05) is 43.9 Å². The Balaban J connectivity index is 1.40. The van der Waals surface area contributed by atoms with Crippen molar-refractivity contribution in [2.24, 2.45) is 0 Å². The van der Waals surface area contributed by atoms with Crippen molar-refractivity contribution in [3.8, 4) is 0 Å². The molecule has 1 fully saturated rings. The molecule has 3 amide bonds. The number of hydrogen-bond donors (Lipinski definition) is 2. The van der Waals surface area contributed by atoms with Crippen molar-refractivity contribution in [3.63, 3.8) is 0 Å². The van der Waals surface area contributed by atoms with Crippen LogP contribution in [0.4, 0.5) is 11.4 Å². The number of carbonyl (C=O) groups is 3. The average Bonchev–Trinajstić information content (AvgIpc) is 3.07. The quantitative estimate of drug-likeness (QED) is 0.854. The zero-order valence-electron chi connectivity index (χ0n) is 15.7. The van der Waals surface area contributed by atoms with Gasteiger partial charge in [-0.3, -0.25) is 14.4 Å². The third-order valence-corrected chi connectivity index (χ3v) is 5.17. The van der Waals surface area contributed by atoms with E-state index >= 15 is 0 Å². The van der Waals surface area contributed by atoms with Crippen LogP contribution in [0.5, 0.6) is 0 Å². The van der Waals surface area contributed by atoms with Crippen molar-refractivity contribution >= 4 is 29.1 Å². The second kappa shape index (κ2) is 7.44. The Bertz CT molecular complexity index is 931. The number of piperazine rings is 1. The van der Waals surface area contributed by atoms with E-state index < -0.39 is 0 Å². The van der Waals surface area contributed by atoms with Crippen LogP contribution in [-0.2, 0) is 11.2 Å². The molecular weight excluding hydrogens is 356 g/mol. The van der Waals surface area contributed by atoms with Gasteiger partial charge in [0.05, 0.1) is 6.42 Å². The number of benzene rings is 2. The molecule has 0 bridgehead atoms. The predicted octanol–water partition coefficient (Wildman–Crippen LogP) is 1.82. The van der Waals surface area contributed by atoms with Crippen molar-refractivity contribution in [2.45, 2.75) is 6.42 Å². The fourth-order valence-electron chi connectivity index (χ4n) is 3.46. The van der Waals surface area contributed by atoms with Crippen molar-refractivity contribution in [1.82, 2.24) is 9.80 Å². The predicted molar refractivity (Wildman–Crippen MR) is 107 cm³/mol. The van der Waals surface area contributed by atoms with Gasteiger partial charge in [0.25, 0.3) is 11.8 Å². The molecule has 2 aliphatic rings. The van der Waals surface area contributed by atoms with Gasteiger partial charge < -0.3 is 20.4 Å². The molecule has 2 aliphatic heterocycles. The summed E-state index contributed by atoms with van der Waals surface area (Å²) in [4.78, 5) is 40.6. The van der Waals surface area contributed by atoms with Gasteiger partial charge in [-0.25, -0.2) is 0 Å². The molecule has 7 heteroatoms. The summed E-state index contributed by atoms with van der Waals surface area (Å²) in [6, 6.07) is 12.1. The summed E-state index contributed by atoms with van der Waals surface area (Å²) in [6.45, 7) is 3.20. The molecule has 0 atom stereocenters. The second-order valence-corrected chi connectivity index (χ2v) is 7.22. The number of nitrogens with one attached hydrogen (secondary N) is 2. The van der Waals surface area contributed by atoms with E-state index in [1.165, 1.54) is 0 Å². The summed E-state index contributed by atoms with van der Waals surface area (Å²) < 4.78 is 0. The van der Waals surface area contributed by atoms with Gasteiger partial charge in [-0.15, -0.1) is 0 Å². The van der Waals surface area contributed by atoms with E-state index in [9.17, 15) is 14.4 Å². The molecule has 0 spiro atoms. The minimum absolute atomic E-state index is 0.0155. The zero-order chi connectivity index (χ0) is 19.7. The van der Waals surface area contributed by atoms with Crippen LogP contribution in [0.15, 0.2) is 42.5 Å². The lowest BCUT2D eigenvalue weighted by molar-refractivity contribution is -0.115. The Kier molecular flexibility index (Phi) is 4.83. The highest BCUT2D eigenvalue weighted by Gasteiger charge is 2.21. The smallest absolute Gasteiger partial charge is 0.255 e. The molecule has 2 aromatic rings. The molecule has 0 unspecified atom stereocenters. The molecule has 2 heterocycles. The Hall–Kier alpha value is -3.19. The maximum atomic E-state index is 12.6. The molecule has 144 valence electrons. The van der Waals surface area contributed by atoms with Gasteiger partial charge in [0.15, 0.2) is 0 Å². The SMILES string of the molecule is CN1CCN(C(=O)c2ccc(NC(=O)c3ccc4c(c3)CC(=O)N4)cc2)CC1. The molecule has 2 aromatic carbocycles. The Morgan fingerprint density at radius 3 is 2.36 bits per heavy atom. The van der Waals surface area contributed by atoms with Crippen LogP contribution in [-0.4, -0.2) is 60.7 Å². The second-order valence-electron chi connectivity index (χ2n) is 7.22. The lowest BCUT2D eigenvalue weighted by atomic mass is 10.1. The number of fused-ring (bicyclic) bond motifs is 1. The Morgan fingerprint density at radius 1 is 0.964 bits per heavy atom. The van der Waals surface area contributed by atoms with Crippen LogP contribution in [0.1, 0.15) is 26.3 Å². The van der Waals surface area contributed by atoms with Gasteiger partial charge >= 0.3 is 0 Å². The number of rotatable bonds is 3. The first-order chi connectivity index (χ1) is 13.5. The maximum absolute atomic E-state index is 12.6. The minimum Gasteiger partial charge on any atom is -0.336 e. The minimum atomic E-state index is -0.250. The van der Waals surface area contributed by atoms with Crippen LogP contribution in [0, 0.1) is 0 Å². The van der Waals surface area contributed by atoms with Gasteiger partial charge in [0.2, 0.25) is 5.91 Å². The standard InChI is InChI=1S/C21H22N4O3/c1-24-8-10-25(11-9-24)21(28)14-2-5-17(6-3-14)22-20(27)15-4-7-18-16(12-15)13-19(26)23-18/h2-7,12H,8-11,13H2,1H3,(H,22,27)(H,23,26). The molecule has 0 aromatic heterocycles. The van der Waals surface area contributed by atoms with Crippen molar-refractivity contribution in [3.05, 3.63) is 59.2 Å². The third kappa shape index (κ3) is 3.75. The highest BCUT2D eigenvalue weighted by molar-refractivity contribution is 6.06. The van der Waals surface area contributed by atoms with Gasteiger partial charge in [0.1, 0.15) is 0 Å². The van der Waals surface area contributed by atoms with Crippen molar-refractivity contribution in [1.29, 1.82) is 0 Å². The molecular formula is C21H22N4O3. The number of likely N-dealkylation sites (N-methyl/N-ethyl adjacent to an activating group) is 1. The molecule has 28 heavy (non-hydrogen) atoms. The van der Waals surface area contributed by atoms with Crippen LogP contribution < -0.4 is 10.6 Å². The summed E-state index contributed by atoms with van der Waals surface area (Å²) in [7, 11) is 2.05. The van der Waals surface area contributed by atoms with Gasteiger partial charge in [-0.05, 0) is 55.1 Å². The maximum Gasteiger partial charge on any atom is 0.255 e. The number of hydrogen-bond acceptors (Lipinski definition) is 4. The van der Waals surface area contributed by atoms with Crippen LogP contribution >= 0.6 is 0 Å². The molecule has 4 rings (SSSR count). The first-order valence-electron chi connectivity index (χ1n) is 9.31. The number of nitrogens with zero attached hydrogens (tertiary/aromatic N) is 2. The summed E-state index contributed by atoms with van der Waals surface area (Å²) in [5.41, 5.74) is 3.31. The van der Waals surface area contributed by atoms with E-state index in [1.54, 1.807) is 42.5 Å². The highest BCUT2D eigenvalue weighted by atomic mass is 16.2. The lowest BCUT2D eigenvalue weighted by Gasteiger charge is -2.32. The largest absolute Gasteiger partial charge is 0.336 e. The van der Waals surface area contributed by atoms with E-state index in [1.807, 2.05) is 4.90 Å². The lowest BCUT2D eigenvalue weighted by Crippen LogP contribution is -2.47. The topological polar surface area (TPSA) is 81.8 Å². The van der Waals surface area contributed by atoms with E-state index in [4.69, 9.17) is 0 Å². The van der Waals surface area contributed by atoms with E-state index in [0.29, 0.717) is 23.2 Å². The van der Waals surface area contributed by atoms with Crippen LogP contribution in [0.3, 0.4) is 0 Å². The molecule has 1 saturated heterocycles. The van der Waals surface area contributed by atoms with Crippen molar-refractivity contribution < 1.29 is 14.4 Å². The highest BCUT2D eigenvalue weighted by Crippen LogP contribution is 2.24. The monoisotopic (exact) mass is 378 g/mol. The number of anilines is 2. The molecule has 0 radical (unpaired) electrons. The fraction of sp³-hybridized carbons (Fsp3) is 0.286. The van der Waals surface area contributed by atoms with Crippen LogP contribution in [0.2, 0.25) is 0 Å². The first kappa shape index (κ1) is 18.2. The first-order valence-corrected chi connectivity index (χ1v) is 9.31. The zero-order valence-corrected chi connectivity index (χ0v) is 15.7. The average molecular weight is 378 g/mol. The summed E-state index contributed by atoms with van der Waals surface area (Å²) >= 11 is 0. The Labute approximate surface area is 163 Å². The van der Waals surface area contributed by atoms with Crippen LogP contribution in [0.25, 0.3) is 0 Å². The summed E-state index contributed by atoms with van der Waals surface area (Å²) in [5.74, 6) is -0.296. The summed E-state index contributed by atoms with van der Waals surface area (Å²) in [5, 5.41) is 5.59. The van der Waals surface area contributed by atoms with E-state index in [-0.39, 0.29) is 17.7 Å². The van der Waals surface area contributed by atoms with E-state index in [2.05, 4.69) is 22.6 Å².